The second-order valence-electron chi connectivity index (χ2n) is 13.6. The van der Waals surface area contributed by atoms with Crippen molar-refractivity contribution in [3.8, 4) is 0 Å². The van der Waals surface area contributed by atoms with Gasteiger partial charge in [0.25, 0.3) is 0 Å². The van der Waals surface area contributed by atoms with E-state index in [2.05, 4.69) is 27.7 Å². The summed E-state index contributed by atoms with van der Waals surface area (Å²) >= 11 is 0. The molecule has 0 aliphatic carbocycles. The number of carbonyl (C=O) groups is 2. The van der Waals surface area contributed by atoms with Gasteiger partial charge in [0.15, 0.2) is 6.10 Å². The van der Waals surface area contributed by atoms with Crippen molar-refractivity contribution in [1.82, 2.24) is 0 Å². The fourth-order valence-corrected chi connectivity index (χ4v) is 5.45. The number of rotatable bonds is 32. The van der Waals surface area contributed by atoms with Gasteiger partial charge in [0.1, 0.15) is 6.61 Å². The molecule has 0 amide bonds. The third-order valence-electron chi connectivity index (χ3n) is 8.26. The van der Waals surface area contributed by atoms with Gasteiger partial charge in [-0.1, -0.05) is 169 Å². The van der Waals surface area contributed by atoms with Crippen LogP contribution in [-0.4, -0.2) is 36.4 Å². The summed E-state index contributed by atoms with van der Waals surface area (Å²) in [6, 6.07) is 0. The third kappa shape index (κ3) is 31.8. The van der Waals surface area contributed by atoms with Crippen molar-refractivity contribution in [3.05, 3.63) is 0 Å². The van der Waals surface area contributed by atoms with Gasteiger partial charge in [-0.25, -0.2) is 0 Å². The first-order valence-electron chi connectivity index (χ1n) is 18.3. The largest absolute Gasteiger partial charge is 0.462 e. The summed E-state index contributed by atoms with van der Waals surface area (Å²) in [5.74, 6) is 1.07. The maximum atomic E-state index is 12.1. The van der Waals surface area contributed by atoms with Gasteiger partial charge in [-0.3, -0.25) is 9.59 Å². The van der Waals surface area contributed by atoms with Crippen LogP contribution in [0.15, 0.2) is 0 Å². The number of ether oxygens (including phenoxy) is 2. The Kier molecular flexibility index (Phi) is 30.5. The van der Waals surface area contributed by atoms with E-state index >= 15 is 0 Å². The minimum Gasteiger partial charge on any atom is -0.462 e. The summed E-state index contributed by atoms with van der Waals surface area (Å²) in [5, 5.41) is 9.51. The Bertz CT molecular complexity index is 589. The molecule has 1 atom stereocenters. The van der Waals surface area contributed by atoms with Gasteiger partial charge in [-0.05, 0) is 24.7 Å². The Morgan fingerprint density at radius 3 is 1.12 bits per heavy atom. The van der Waals surface area contributed by atoms with E-state index in [1.807, 2.05) is 0 Å². The zero-order valence-electron chi connectivity index (χ0n) is 28.6. The highest BCUT2D eigenvalue weighted by molar-refractivity contribution is 5.70. The number of carbonyl (C=O) groups excluding carboxylic acids is 2. The van der Waals surface area contributed by atoms with E-state index in [0.717, 1.165) is 43.9 Å². The summed E-state index contributed by atoms with van der Waals surface area (Å²) in [6.45, 7) is 8.81. The second kappa shape index (κ2) is 31.3. The highest BCUT2D eigenvalue weighted by Crippen LogP contribution is 2.16. The number of hydrogen-bond acceptors (Lipinski definition) is 5. The lowest BCUT2D eigenvalue weighted by Crippen LogP contribution is -2.28. The SMILES string of the molecule is CC(C)CCCCCCCCCCCCCCCCC(=O)OC[C@H](CO)OC(=O)CCCCCCCCCCC(C)C. The topological polar surface area (TPSA) is 72.8 Å². The average Bonchev–Trinajstić information content (AvgIpc) is 2.95. The first-order valence-corrected chi connectivity index (χ1v) is 18.3. The van der Waals surface area contributed by atoms with Gasteiger partial charge < -0.3 is 14.6 Å². The number of aliphatic hydroxyl groups is 1. The predicted molar refractivity (Wildman–Crippen MR) is 178 cm³/mol. The lowest BCUT2D eigenvalue weighted by molar-refractivity contribution is -0.161. The summed E-state index contributed by atoms with van der Waals surface area (Å²) in [7, 11) is 0. The molecule has 0 aromatic heterocycles. The maximum absolute atomic E-state index is 12.1. The number of esters is 2. The van der Waals surface area contributed by atoms with E-state index in [1.165, 1.54) is 122 Å². The third-order valence-corrected chi connectivity index (χ3v) is 8.26. The van der Waals surface area contributed by atoms with Gasteiger partial charge in [0.2, 0.25) is 0 Å². The van der Waals surface area contributed by atoms with Crippen molar-refractivity contribution in [3.63, 3.8) is 0 Å². The van der Waals surface area contributed by atoms with Gasteiger partial charge in [0.05, 0.1) is 6.61 Å². The molecule has 42 heavy (non-hydrogen) atoms. The normalized spacial score (nSPS) is 12.3. The molecule has 0 fully saturated rings. The van der Waals surface area contributed by atoms with E-state index in [9.17, 15) is 14.7 Å². The van der Waals surface area contributed by atoms with Gasteiger partial charge in [0, 0.05) is 12.8 Å². The molecule has 0 aliphatic heterocycles. The summed E-state index contributed by atoms with van der Waals surface area (Å²) in [5.41, 5.74) is 0. The van der Waals surface area contributed by atoms with Crippen LogP contribution < -0.4 is 0 Å². The molecular weight excluding hydrogens is 524 g/mol. The zero-order valence-corrected chi connectivity index (χ0v) is 28.6. The molecule has 1 N–H and O–H groups in total. The smallest absolute Gasteiger partial charge is 0.306 e. The number of hydrogen-bond donors (Lipinski definition) is 1. The summed E-state index contributed by atoms with van der Waals surface area (Å²) < 4.78 is 10.6. The lowest BCUT2D eigenvalue weighted by atomic mass is 10.0. The van der Waals surface area contributed by atoms with Crippen molar-refractivity contribution in [1.29, 1.82) is 0 Å². The molecule has 0 saturated carbocycles. The molecule has 5 nitrogen and oxygen atoms in total. The van der Waals surface area contributed by atoms with E-state index in [4.69, 9.17) is 9.47 Å². The standard InChI is InChI=1S/C37H72O5/c1-33(2)27-23-19-15-11-9-7-5-6-8-10-12-17-21-25-29-36(39)41-32-35(31-38)42-37(40)30-26-22-18-14-13-16-20-24-28-34(3)4/h33-35,38H,5-32H2,1-4H3/t35-/m0/s1. The Balaban J connectivity index is 3.51. The molecule has 0 bridgehead atoms. The molecule has 250 valence electrons. The summed E-state index contributed by atoms with van der Waals surface area (Å²) in [4.78, 5) is 24.1. The minimum absolute atomic E-state index is 0.0595. The highest BCUT2D eigenvalue weighted by atomic mass is 16.6. The fourth-order valence-electron chi connectivity index (χ4n) is 5.45. The molecule has 0 rings (SSSR count). The Labute approximate surface area is 261 Å². The van der Waals surface area contributed by atoms with Crippen LogP contribution in [0.25, 0.3) is 0 Å². The van der Waals surface area contributed by atoms with E-state index in [0.29, 0.717) is 12.8 Å². The fraction of sp³-hybridized carbons (Fsp3) is 0.946. The molecule has 5 heteroatoms. The molecule has 0 unspecified atom stereocenters. The van der Waals surface area contributed by atoms with Crippen LogP contribution in [0, 0.1) is 11.8 Å². The minimum atomic E-state index is -0.762. The molecule has 0 heterocycles. The van der Waals surface area contributed by atoms with E-state index < -0.39 is 6.10 Å². The molecule has 0 aromatic carbocycles. The molecule has 0 radical (unpaired) electrons. The average molecular weight is 597 g/mol. The van der Waals surface area contributed by atoms with Crippen LogP contribution >= 0.6 is 0 Å². The van der Waals surface area contributed by atoms with Crippen LogP contribution in [0.1, 0.15) is 195 Å². The molecule has 0 saturated heterocycles. The highest BCUT2D eigenvalue weighted by Gasteiger charge is 2.16. The predicted octanol–water partition coefficient (Wildman–Crippen LogP) is 10.9. The second-order valence-corrected chi connectivity index (χ2v) is 13.6. The Morgan fingerprint density at radius 2 is 0.786 bits per heavy atom. The number of aliphatic hydroxyl groups excluding tert-OH is 1. The van der Waals surface area contributed by atoms with Crippen LogP contribution in [0.4, 0.5) is 0 Å². The van der Waals surface area contributed by atoms with E-state index in [1.54, 1.807) is 0 Å². The molecule has 0 spiro atoms. The monoisotopic (exact) mass is 597 g/mol. The first-order chi connectivity index (χ1) is 20.3. The van der Waals surface area contributed by atoms with Gasteiger partial charge in [-0.15, -0.1) is 0 Å². The maximum Gasteiger partial charge on any atom is 0.306 e. The lowest BCUT2D eigenvalue weighted by Gasteiger charge is -2.15. The molecule has 0 aliphatic rings. The zero-order chi connectivity index (χ0) is 31.1. The molecular formula is C37H72O5. The first kappa shape index (κ1) is 40.9. The van der Waals surface area contributed by atoms with Crippen molar-refractivity contribution in [2.24, 2.45) is 11.8 Å². The van der Waals surface area contributed by atoms with Crippen molar-refractivity contribution in [2.45, 2.75) is 201 Å². The Hall–Kier alpha value is -1.10. The van der Waals surface area contributed by atoms with Crippen molar-refractivity contribution < 1.29 is 24.2 Å². The van der Waals surface area contributed by atoms with Crippen molar-refractivity contribution >= 4 is 11.9 Å². The molecule has 0 aromatic rings. The quantitative estimate of drug-likeness (QED) is 0.0617. The van der Waals surface area contributed by atoms with Crippen molar-refractivity contribution in [2.75, 3.05) is 13.2 Å². The van der Waals surface area contributed by atoms with Crippen LogP contribution in [-0.2, 0) is 19.1 Å². The summed E-state index contributed by atoms with van der Waals surface area (Å²) in [6.07, 6.45) is 30.2. The van der Waals surface area contributed by atoms with Crippen LogP contribution in [0.2, 0.25) is 0 Å². The van der Waals surface area contributed by atoms with Gasteiger partial charge in [-0.2, -0.15) is 0 Å². The number of unbranched alkanes of at least 4 members (excludes halogenated alkanes) is 20. The van der Waals surface area contributed by atoms with E-state index in [-0.39, 0.29) is 25.2 Å². The Morgan fingerprint density at radius 1 is 0.476 bits per heavy atom. The van der Waals surface area contributed by atoms with Crippen LogP contribution in [0.5, 0.6) is 0 Å². The van der Waals surface area contributed by atoms with Gasteiger partial charge >= 0.3 is 11.9 Å². The van der Waals surface area contributed by atoms with Crippen LogP contribution in [0.3, 0.4) is 0 Å².